The van der Waals surface area contributed by atoms with E-state index in [0.29, 0.717) is 6.61 Å². The first-order valence-electron chi connectivity index (χ1n) is 9.68. The maximum absolute atomic E-state index is 10.8. The summed E-state index contributed by atoms with van der Waals surface area (Å²) in [5.41, 5.74) is 2.66. The normalized spacial score (nSPS) is 32.0. The molecular formula is C22H26O7. The molecule has 2 N–H and O–H groups in total. The molecule has 2 heterocycles. The van der Waals surface area contributed by atoms with Gasteiger partial charge in [0.1, 0.15) is 24.4 Å². The number of aliphatic hydroxyl groups excluding tert-OH is 2. The van der Waals surface area contributed by atoms with Gasteiger partial charge in [-0.3, -0.25) is 0 Å². The quantitative estimate of drug-likeness (QED) is 0.763. The Morgan fingerprint density at radius 1 is 1.00 bits per heavy atom. The van der Waals surface area contributed by atoms with E-state index in [4.69, 9.17) is 23.7 Å². The lowest BCUT2D eigenvalue weighted by molar-refractivity contribution is -0.363. The maximum Gasteiger partial charge on any atom is 0.186 e. The molecule has 0 radical (unpaired) electrons. The van der Waals surface area contributed by atoms with Crippen LogP contribution in [0.2, 0.25) is 0 Å². The third-order valence-corrected chi connectivity index (χ3v) is 5.26. The summed E-state index contributed by atoms with van der Waals surface area (Å²) in [5.74, 6) is 0. The molecule has 2 saturated heterocycles. The highest BCUT2D eigenvalue weighted by molar-refractivity contribution is 5.21. The minimum atomic E-state index is -1.01. The first-order chi connectivity index (χ1) is 14.2. The average Bonchev–Trinajstić information content (AvgIpc) is 2.78. The van der Waals surface area contributed by atoms with Gasteiger partial charge in [0.2, 0.25) is 0 Å². The molecule has 2 aliphatic rings. The number of hydrogen-bond donors (Lipinski definition) is 2. The van der Waals surface area contributed by atoms with Crippen molar-refractivity contribution in [2.24, 2.45) is 0 Å². The fourth-order valence-electron chi connectivity index (χ4n) is 3.66. The van der Waals surface area contributed by atoms with E-state index in [-0.39, 0.29) is 13.2 Å². The van der Waals surface area contributed by atoms with Crippen molar-refractivity contribution in [2.75, 3.05) is 13.7 Å². The summed E-state index contributed by atoms with van der Waals surface area (Å²) in [6.45, 7) is 0.586. The van der Waals surface area contributed by atoms with Crippen LogP contribution < -0.4 is 0 Å². The Morgan fingerprint density at radius 2 is 1.72 bits per heavy atom. The third kappa shape index (κ3) is 4.51. The Kier molecular flexibility index (Phi) is 6.56. The molecule has 156 valence electrons. The molecule has 4 rings (SSSR count). The second-order valence-corrected chi connectivity index (χ2v) is 7.20. The molecule has 0 amide bonds. The predicted octanol–water partition coefficient (Wildman–Crippen LogP) is 1.91. The Labute approximate surface area is 169 Å². The summed E-state index contributed by atoms with van der Waals surface area (Å²) < 4.78 is 29.2. The summed E-state index contributed by atoms with van der Waals surface area (Å²) in [4.78, 5) is 0. The van der Waals surface area contributed by atoms with E-state index in [9.17, 15) is 10.2 Å². The van der Waals surface area contributed by atoms with Crippen molar-refractivity contribution in [3.8, 4) is 0 Å². The molecular weight excluding hydrogens is 376 g/mol. The topological polar surface area (TPSA) is 86.6 Å². The lowest BCUT2D eigenvalue weighted by Gasteiger charge is -2.47. The van der Waals surface area contributed by atoms with E-state index in [1.165, 1.54) is 7.11 Å². The van der Waals surface area contributed by atoms with Crippen LogP contribution in [0.15, 0.2) is 54.6 Å². The zero-order chi connectivity index (χ0) is 20.2. The van der Waals surface area contributed by atoms with Crippen molar-refractivity contribution in [2.45, 2.75) is 50.2 Å². The van der Waals surface area contributed by atoms with Crippen LogP contribution in [0.1, 0.15) is 23.0 Å². The van der Waals surface area contributed by atoms with Crippen molar-refractivity contribution in [3.63, 3.8) is 0 Å². The summed E-state index contributed by atoms with van der Waals surface area (Å²) in [7, 11) is 1.48. The highest BCUT2D eigenvalue weighted by Gasteiger charge is 2.50. The number of ether oxygens (including phenoxy) is 5. The van der Waals surface area contributed by atoms with Crippen LogP contribution in [0.5, 0.6) is 0 Å². The zero-order valence-corrected chi connectivity index (χ0v) is 16.2. The molecule has 2 fully saturated rings. The number of hydrogen-bond acceptors (Lipinski definition) is 7. The molecule has 0 aliphatic carbocycles. The second kappa shape index (κ2) is 9.32. The number of benzene rings is 2. The minimum absolute atomic E-state index is 0.00615. The van der Waals surface area contributed by atoms with E-state index in [2.05, 4.69) is 0 Å². The van der Waals surface area contributed by atoms with Crippen molar-refractivity contribution in [1.29, 1.82) is 0 Å². The summed E-state index contributed by atoms with van der Waals surface area (Å²) in [6.07, 6.45) is -3.95. The molecule has 0 saturated carbocycles. The Morgan fingerprint density at radius 3 is 2.41 bits per heavy atom. The minimum Gasteiger partial charge on any atom is -0.392 e. The molecule has 2 aromatic carbocycles. The van der Waals surface area contributed by atoms with Gasteiger partial charge in [-0.25, -0.2) is 0 Å². The number of rotatable bonds is 6. The first kappa shape index (κ1) is 20.4. The largest absolute Gasteiger partial charge is 0.392 e. The van der Waals surface area contributed by atoms with Gasteiger partial charge in [0, 0.05) is 12.7 Å². The van der Waals surface area contributed by atoms with E-state index < -0.39 is 37.0 Å². The highest BCUT2D eigenvalue weighted by atomic mass is 16.8. The van der Waals surface area contributed by atoms with Gasteiger partial charge in [0.05, 0.1) is 19.8 Å². The SMILES string of the molecule is COC1OC2COC(c3ccccc3)OC2[C@H](OCc2ccc(CO)cc2)[C@H]1O. The Balaban J connectivity index is 1.49. The van der Waals surface area contributed by atoms with Crippen LogP contribution >= 0.6 is 0 Å². The van der Waals surface area contributed by atoms with Crippen LogP contribution in [0.4, 0.5) is 0 Å². The summed E-state index contributed by atoms with van der Waals surface area (Å²) in [5, 5.41) is 19.9. The van der Waals surface area contributed by atoms with Crippen molar-refractivity contribution >= 4 is 0 Å². The standard InChI is InChI=1S/C22H26O7/c1-25-22-18(24)20(26-12-15-9-7-14(11-23)8-10-15)19-17(28-22)13-27-21(29-19)16-5-3-2-4-6-16/h2-10,17-24H,11-13H2,1H3/t17?,18-,19?,20-,21?,22?/m1/s1. The van der Waals surface area contributed by atoms with Gasteiger partial charge in [-0.1, -0.05) is 54.6 Å². The van der Waals surface area contributed by atoms with Gasteiger partial charge in [0.25, 0.3) is 0 Å². The van der Waals surface area contributed by atoms with Crippen LogP contribution in [0, 0.1) is 0 Å². The van der Waals surface area contributed by atoms with Crippen molar-refractivity contribution in [1.82, 2.24) is 0 Å². The molecule has 2 aromatic rings. The Bertz CT molecular complexity index is 766. The van der Waals surface area contributed by atoms with E-state index in [0.717, 1.165) is 16.7 Å². The van der Waals surface area contributed by atoms with Gasteiger partial charge in [-0.2, -0.15) is 0 Å². The number of fused-ring (bicyclic) bond motifs is 1. The van der Waals surface area contributed by atoms with E-state index in [1.807, 2.05) is 54.6 Å². The van der Waals surface area contributed by atoms with Crippen LogP contribution in [0.3, 0.4) is 0 Å². The summed E-state index contributed by atoms with van der Waals surface area (Å²) >= 11 is 0. The molecule has 7 nitrogen and oxygen atoms in total. The van der Waals surface area contributed by atoms with Crippen molar-refractivity contribution in [3.05, 3.63) is 71.3 Å². The average molecular weight is 402 g/mol. The molecule has 6 atom stereocenters. The molecule has 7 heteroatoms. The molecule has 0 spiro atoms. The molecule has 2 aliphatic heterocycles. The van der Waals surface area contributed by atoms with Gasteiger partial charge < -0.3 is 33.9 Å². The molecule has 29 heavy (non-hydrogen) atoms. The third-order valence-electron chi connectivity index (χ3n) is 5.26. The van der Waals surface area contributed by atoms with Gasteiger partial charge >= 0.3 is 0 Å². The molecule has 0 bridgehead atoms. The fourth-order valence-corrected chi connectivity index (χ4v) is 3.66. The maximum atomic E-state index is 10.8. The van der Waals surface area contributed by atoms with Gasteiger partial charge in [-0.15, -0.1) is 0 Å². The lowest BCUT2D eigenvalue weighted by Crippen LogP contribution is -2.62. The lowest BCUT2D eigenvalue weighted by atomic mass is 9.97. The Hall–Kier alpha value is -1.84. The highest BCUT2D eigenvalue weighted by Crippen LogP contribution is 2.35. The van der Waals surface area contributed by atoms with Crippen LogP contribution in [-0.4, -0.2) is 54.6 Å². The van der Waals surface area contributed by atoms with Gasteiger partial charge in [0.15, 0.2) is 12.6 Å². The fraction of sp³-hybridized carbons (Fsp3) is 0.455. The second-order valence-electron chi connectivity index (χ2n) is 7.20. The number of aliphatic hydroxyl groups is 2. The smallest absolute Gasteiger partial charge is 0.186 e. The monoisotopic (exact) mass is 402 g/mol. The summed E-state index contributed by atoms with van der Waals surface area (Å²) in [6, 6.07) is 17.1. The zero-order valence-electron chi connectivity index (χ0n) is 16.2. The predicted molar refractivity (Wildman–Crippen MR) is 103 cm³/mol. The van der Waals surface area contributed by atoms with Gasteiger partial charge in [-0.05, 0) is 11.1 Å². The van der Waals surface area contributed by atoms with E-state index >= 15 is 0 Å². The van der Waals surface area contributed by atoms with E-state index in [1.54, 1.807) is 0 Å². The molecule has 0 aromatic heterocycles. The first-order valence-corrected chi connectivity index (χ1v) is 9.68. The van der Waals surface area contributed by atoms with Crippen LogP contribution in [0.25, 0.3) is 0 Å². The number of methoxy groups -OCH3 is 1. The van der Waals surface area contributed by atoms with Crippen LogP contribution in [-0.2, 0) is 36.9 Å². The van der Waals surface area contributed by atoms with Crippen molar-refractivity contribution < 1.29 is 33.9 Å². The molecule has 4 unspecified atom stereocenters.